The Kier molecular flexibility index (Phi) is 5.27. The van der Waals surface area contributed by atoms with E-state index in [0.29, 0.717) is 21.8 Å². The molecule has 0 unspecified atom stereocenters. The van der Waals surface area contributed by atoms with Gasteiger partial charge in [-0.05, 0) is 0 Å². The summed E-state index contributed by atoms with van der Waals surface area (Å²) in [6.07, 6.45) is 0. The summed E-state index contributed by atoms with van der Waals surface area (Å²) in [7, 11) is 0. The molecule has 5 heteroatoms. The predicted octanol–water partition coefficient (Wildman–Crippen LogP) is 0.814. The average molecular weight is 267 g/mol. The first-order valence-corrected chi connectivity index (χ1v) is 9.84. The van der Waals surface area contributed by atoms with Gasteiger partial charge in [-0.1, -0.05) is 0 Å². The van der Waals surface area contributed by atoms with Gasteiger partial charge in [-0.2, -0.15) is 0 Å². The topological polar surface area (TPSA) is 52.6 Å². The van der Waals surface area contributed by atoms with E-state index in [1.807, 2.05) is 13.8 Å². The van der Waals surface area contributed by atoms with Crippen LogP contribution in [0.4, 0.5) is 0 Å². The van der Waals surface area contributed by atoms with Crippen LogP contribution in [0.25, 0.3) is 0 Å². The van der Waals surface area contributed by atoms with Crippen LogP contribution in [0, 0.1) is 0 Å². The zero-order chi connectivity index (χ0) is 8.74. The number of rotatable bonds is 6. The van der Waals surface area contributed by atoms with E-state index in [1.54, 1.807) is 0 Å². The van der Waals surface area contributed by atoms with E-state index in [9.17, 15) is 9.59 Å². The van der Waals surface area contributed by atoms with Crippen molar-refractivity contribution in [2.24, 2.45) is 0 Å². The second kappa shape index (κ2) is 5.40. The molecule has 0 saturated carbocycles. The van der Waals surface area contributed by atoms with Crippen molar-refractivity contribution in [2.75, 3.05) is 0 Å². The molecule has 0 fully saturated rings. The van der Waals surface area contributed by atoms with Gasteiger partial charge < -0.3 is 0 Å². The monoisotopic (exact) mass is 268 g/mol. The molecule has 11 heavy (non-hydrogen) atoms. The number of carbonyl (C=O) groups is 2. The standard InChI is InChI=1S/2C2H5.2CH2O2.Sn/c2*1-2;2*2-1-3;/h2*1H2,2H3;2*1H,(H,2,3);/q;;;;+2/p-2. The quantitative estimate of drug-likeness (QED) is 0.528. The minimum absolute atomic E-state index is 0.382. The molecule has 0 saturated heterocycles. The molecule has 0 aliphatic carbocycles. The van der Waals surface area contributed by atoms with E-state index in [0.717, 1.165) is 0 Å². The fourth-order valence-corrected chi connectivity index (χ4v) is 5.28. The first-order chi connectivity index (χ1) is 5.24. The Morgan fingerprint density at radius 2 is 1.45 bits per heavy atom. The normalized spacial score (nSPS) is 10.4. The van der Waals surface area contributed by atoms with Crippen LogP contribution in [0.1, 0.15) is 13.8 Å². The van der Waals surface area contributed by atoms with Crippen molar-refractivity contribution in [3.8, 4) is 0 Å². The second-order valence-corrected chi connectivity index (χ2v) is 12.6. The third kappa shape index (κ3) is 3.09. The molecule has 64 valence electrons. The third-order valence-electron chi connectivity index (χ3n) is 1.60. The molecule has 4 nitrogen and oxygen atoms in total. The maximum absolute atomic E-state index is 10.0. The SMILES string of the molecule is C[CH2][Sn]([CH2]C)([O]C=O)[O]C=O. The summed E-state index contributed by atoms with van der Waals surface area (Å²) in [6.45, 7) is 4.50. The zero-order valence-electron chi connectivity index (χ0n) is 6.70. The Bertz CT molecular complexity index is 121. The zero-order valence-corrected chi connectivity index (χ0v) is 9.56. The molecule has 0 atom stereocenters. The average Bonchev–Trinajstić information content (AvgIpc) is 2.04. The van der Waals surface area contributed by atoms with E-state index in [4.69, 9.17) is 6.15 Å². The van der Waals surface area contributed by atoms with Crippen molar-refractivity contribution in [3.63, 3.8) is 0 Å². The van der Waals surface area contributed by atoms with Crippen molar-refractivity contribution in [2.45, 2.75) is 22.7 Å². The molecule has 0 heterocycles. The van der Waals surface area contributed by atoms with Gasteiger partial charge in [0.2, 0.25) is 0 Å². The maximum atomic E-state index is 10.0. The summed E-state index contributed by atoms with van der Waals surface area (Å²) in [6, 6.07) is 0. The van der Waals surface area contributed by atoms with Gasteiger partial charge in [-0.3, -0.25) is 0 Å². The van der Waals surface area contributed by atoms with Gasteiger partial charge in [-0.25, -0.2) is 0 Å². The van der Waals surface area contributed by atoms with E-state index in [1.165, 1.54) is 0 Å². The van der Waals surface area contributed by atoms with Gasteiger partial charge in [0.1, 0.15) is 0 Å². The summed E-state index contributed by atoms with van der Waals surface area (Å²) in [5, 5.41) is 0. The fourth-order valence-electron chi connectivity index (χ4n) is 0.786. The Balaban J connectivity index is 4.17. The van der Waals surface area contributed by atoms with Crippen molar-refractivity contribution >= 4 is 32.1 Å². The van der Waals surface area contributed by atoms with Crippen LogP contribution in [0.2, 0.25) is 8.87 Å². The van der Waals surface area contributed by atoms with Crippen LogP contribution in [-0.2, 0) is 15.7 Å². The van der Waals surface area contributed by atoms with E-state index >= 15 is 0 Å². The van der Waals surface area contributed by atoms with Crippen LogP contribution >= 0.6 is 0 Å². The van der Waals surface area contributed by atoms with Crippen LogP contribution in [0.15, 0.2) is 0 Å². The van der Waals surface area contributed by atoms with Crippen LogP contribution in [0.5, 0.6) is 0 Å². The Morgan fingerprint density at radius 3 is 1.64 bits per heavy atom. The van der Waals surface area contributed by atoms with E-state index in [-0.39, 0.29) is 0 Å². The molecule has 0 amide bonds. The van der Waals surface area contributed by atoms with Crippen LogP contribution in [0.3, 0.4) is 0 Å². The molecule has 0 aliphatic rings. The van der Waals surface area contributed by atoms with E-state index in [2.05, 4.69) is 0 Å². The second-order valence-electron chi connectivity index (χ2n) is 2.05. The van der Waals surface area contributed by atoms with Crippen LogP contribution < -0.4 is 0 Å². The van der Waals surface area contributed by atoms with Crippen molar-refractivity contribution in [1.82, 2.24) is 0 Å². The fraction of sp³-hybridized carbons (Fsp3) is 0.667. The number of hydrogen-bond acceptors (Lipinski definition) is 4. The van der Waals surface area contributed by atoms with Crippen molar-refractivity contribution in [3.05, 3.63) is 0 Å². The molecule has 0 spiro atoms. The molecule has 0 aromatic rings. The molecular weight excluding hydrogens is 255 g/mol. The van der Waals surface area contributed by atoms with Gasteiger partial charge in [-0.15, -0.1) is 0 Å². The van der Waals surface area contributed by atoms with E-state index < -0.39 is 19.2 Å². The van der Waals surface area contributed by atoms with Gasteiger partial charge in [0.05, 0.1) is 0 Å². The van der Waals surface area contributed by atoms with Crippen LogP contribution in [-0.4, -0.2) is 32.1 Å². The molecular formula is C6H12O4Sn. The molecule has 0 N–H and O–H groups in total. The molecule has 0 aliphatic heterocycles. The first kappa shape index (κ1) is 10.7. The summed E-state index contributed by atoms with van der Waals surface area (Å²) < 4.78 is 11.0. The summed E-state index contributed by atoms with van der Waals surface area (Å²) in [4.78, 5) is 20.1. The molecule has 0 rings (SSSR count). The summed E-state index contributed by atoms with van der Waals surface area (Å²) >= 11 is -3.21. The molecule has 0 aromatic heterocycles. The Hall–Kier alpha value is -0.261. The Labute approximate surface area is 70.8 Å². The van der Waals surface area contributed by atoms with Gasteiger partial charge in [0, 0.05) is 0 Å². The molecule has 0 radical (unpaired) electrons. The van der Waals surface area contributed by atoms with Gasteiger partial charge in [0.25, 0.3) is 0 Å². The molecule has 0 aromatic carbocycles. The number of hydrogen-bond donors (Lipinski definition) is 0. The predicted molar refractivity (Wildman–Crippen MR) is 41.0 cm³/mol. The summed E-state index contributed by atoms with van der Waals surface area (Å²) in [5.41, 5.74) is 0. The van der Waals surface area contributed by atoms with Crippen molar-refractivity contribution < 1.29 is 15.7 Å². The third-order valence-corrected chi connectivity index (χ3v) is 10.8. The van der Waals surface area contributed by atoms with Gasteiger partial charge >= 0.3 is 70.6 Å². The van der Waals surface area contributed by atoms with Gasteiger partial charge in [0.15, 0.2) is 0 Å². The molecule has 0 bridgehead atoms. The Morgan fingerprint density at radius 1 is 1.09 bits per heavy atom. The van der Waals surface area contributed by atoms with Crippen molar-refractivity contribution in [1.29, 1.82) is 0 Å². The first-order valence-electron chi connectivity index (χ1n) is 3.47. The minimum atomic E-state index is -3.21. The number of carbonyl (C=O) groups excluding carboxylic acids is 2. The summed E-state index contributed by atoms with van der Waals surface area (Å²) in [5.74, 6) is 0.